The quantitative estimate of drug-likeness (QED) is 0.103. The third-order valence-electron chi connectivity index (χ3n) is 28.8. The highest BCUT2D eigenvalue weighted by molar-refractivity contribution is 7.18. The van der Waals surface area contributed by atoms with Gasteiger partial charge in [-0.2, -0.15) is 0 Å². The minimum Gasteiger partial charge on any atom is -0.436 e. The smallest absolute Gasteiger partial charge is 0.227 e. The molecule has 680 valence electrons. The van der Waals surface area contributed by atoms with Crippen LogP contribution >= 0.6 is 11.3 Å². The first-order valence-electron chi connectivity index (χ1n) is 49.0. The molecular weight excluding hydrogens is 1800 g/mol. The van der Waals surface area contributed by atoms with E-state index in [1.807, 2.05) is 159 Å². The molecule has 0 aliphatic heterocycles. The number of para-hydroxylation sites is 2. The SMILES string of the molecule is c1ccc(-c2cnc(-c3cc(-c4ccc5ccccc5n4)c4ccc5ccc(-c6ccc7ccccc7n6)c6ccc3c4c56)o2)cc1.c1ccc(-c2cnc(-c3ccc4c(-c5ccccc5)cc5cccc6c(-c7ccccc7)cc3c4c56)o2)cc1.c1ccc(-c2cnc(-c3ccc4ccc5c(-c6cccnc6)ccc6ccc3c4c65)o2)cc1.c1ccc(-c2cnc(-c3ccc4ccc5cccc6ccc3c4c56)s2)cc1. The zero-order chi connectivity index (χ0) is 96.2. The zero-order valence-corrected chi connectivity index (χ0v) is 79.3. The van der Waals surface area contributed by atoms with E-state index in [4.69, 9.17) is 38.2 Å². The largest absolute Gasteiger partial charge is 0.436 e. The minimum atomic E-state index is 0.584. The summed E-state index contributed by atoms with van der Waals surface area (Å²) in [6.07, 6.45) is 11.2. The maximum atomic E-state index is 6.50. The summed E-state index contributed by atoms with van der Waals surface area (Å²) in [6, 6.07) is 160. The number of aromatic nitrogens is 7. The summed E-state index contributed by atoms with van der Waals surface area (Å²) in [7, 11) is 0. The highest BCUT2D eigenvalue weighted by Crippen LogP contribution is 2.52. The average Bonchev–Trinajstić information content (AvgIpc) is 0.742. The molecule has 0 N–H and O–H groups in total. The third-order valence-corrected chi connectivity index (χ3v) is 29.9. The summed E-state index contributed by atoms with van der Waals surface area (Å²) in [5.74, 6) is 4.13. The van der Waals surface area contributed by atoms with Crippen molar-refractivity contribution in [1.82, 2.24) is 34.9 Å². The van der Waals surface area contributed by atoms with Gasteiger partial charge in [0.25, 0.3) is 0 Å². The van der Waals surface area contributed by atoms with Crippen molar-refractivity contribution in [2.24, 2.45) is 0 Å². The van der Waals surface area contributed by atoms with Crippen molar-refractivity contribution >= 4 is 162 Å². The Morgan fingerprint density at radius 3 is 1.08 bits per heavy atom. The molecule has 146 heavy (non-hydrogen) atoms. The van der Waals surface area contributed by atoms with Gasteiger partial charge in [0, 0.05) is 85.0 Å². The first kappa shape index (κ1) is 84.7. The fraction of sp³-hybridized carbons (Fsp3) is 0. The molecule has 0 fully saturated rings. The molecule has 11 heteroatoms. The predicted octanol–water partition coefficient (Wildman–Crippen LogP) is 36.9. The first-order chi connectivity index (χ1) is 72.4. The second-order valence-corrected chi connectivity index (χ2v) is 38.2. The lowest BCUT2D eigenvalue weighted by Gasteiger charge is -2.19. The van der Waals surface area contributed by atoms with E-state index in [2.05, 4.69) is 344 Å². The molecule has 7 heterocycles. The van der Waals surface area contributed by atoms with Crippen molar-refractivity contribution in [1.29, 1.82) is 0 Å². The van der Waals surface area contributed by atoms with Gasteiger partial charge in [-0.05, 0) is 223 Å². The van der Waals surface area contributed by atoms with Gasteiger partial charge in [-0.3, -0.25) is 4.98 Å². The molecule has 0 saturated carbocycles. The van der Waals surface area contributed by atoms with E-state index in [1.165, 1.54) is 146 Å². The topological polar surface area (TPSA) is 130 Å². The van der Waals surface area contributed by atoms with Crippen molar-refractivity contribution in [2.45, 2.75) is 0 Å². The van der Waals surface area contributed by atoms with E-state index < -0.39 is 0 Å². The Hall–Kier alpha value is -19.3. The molecule has 0 saturated heterocycles. The highest BCUT2D eigenvalue weighted by atomic mass is 32.1. The van der Waals surface area contributed by atoms with Crippen LogP contribution in [-0.4, -0.2) is 34.9 Å². The van der Waals surface area contributed by atoms with Gasteiger partial charge in [0.2, 0.25) is 17.7 Å². The summed E-state index contributed by atoms with van der Waals surface area (Å²) < 4.78 is 19.1. The fourth-order valence-corrected chi connectivity index (χ4v) is 22.9. The maximum absolute atomic E-state index is 6.50. The molecule has 7 aromatic heterocycles. The van der Waals surface area contributed by atoms with Crippen molar-refractivity contribution in [3.8, 4) is 145 Å². The molecule has 24 aromatic carbocycles. The van der Waals surface area contributed by atoms with Crippen molar-refractivity contribution < 1.29 is 13.3 Å². The molecule has 0 amide bonds. The Bertz CT molecular complexity index is 10400. The van der Waals surface area contributed by atoms with Crippen LogP contribution in [0.4, 0.5) is 0 Å². The molecule has 31 rings (SSSR count). The number of hydrogen-bond acceptors (Lipinski definition) is 11. The number of fused-ring (bicyclic) bond motifs is 2. The molecule has 0 radical (unpaired) electrons. The second-order valence-electron chi connectivity index (χ2n) is 37.1. The lowest BCUT2D eigenvalue weighted by atomic mass is 9.84. The lowest BCUT2D eigenvalue weighted by molar-refractivity contribution is 0.589. The van der Waals surface area contributed by atoms with Crippen LogP contribution in [0.2, 0.25) is 0 Å². The van der Waals surface area contributed by atoms with Crippen LogP contribution in [0.1, 0.15) is 0 Å². The van der Waals surface area contributed by atoms with Crippen LogP contribution in [-0.2, 0) is 0 Å². The molecule has 0 aliphatic rings. The van der Waals surface area contributed by atoms with E-state index in [0.717, 1.165) is 132 Å². The molecular formula is C135H81N7O3S. The maximum Gasteiger partial charge on any atom is 0.227 e. The monoisotopic (exact) mass is 1880 g/mol. The molecule has 10 nitrogen and oxygen atoms in total. The number of pyridine rings is 3. The van der Waals surface area contributed by atoms with Gasteiger partial charge in [-0.1, -0.05) is 394 Å². The van der Waals surface area contributed by atoms with Crippen LogP contribution in [0.15, 0.2) is 505 Å². The van der Waals surface area contributed by atoms with E-state index in [0.29, 0.717) is 17.7 Å². The Balaban J connectivity index is 0.0000000960. The Morgan fingerprint density at radius 2 is 0.521 bits per heavy atom. The standard InChI is InChI=1S/C43H25N3O.C37H23NO.C30H18N2O.C25H15NS/c1-2-10-28(11-3-1)40-25-44-43(47-40)35-24-34(39-23-17-27-9-5-7-13-37(27)46-39)32-19-15-29-14-18-30(31-20-21-33(35)42(32)41(29)31)38-22-16-26-8-4-6-12-36(26)45-38;1-4-11-24(12-5-1)31-21-27-17-10-18-28-32(25-13-6-2-7-14-25)22-33-30(20-19-29(31)36(33)35(27)28)37-38-23-34(39-37)26-15-8-3-9-16-26;1-2-5-19(6-3-1)27-18-32-30(33-27)26-15-11-21-9-13-24-23(22-7-4-16-31-17-22)12-8-20-10-14-25(26)29(21)28(20)24;1-2-5-16(6-3-1)22-15-26-25(27-22)21-14-12-19-10-9-17-7-4-8-18-11-13-20(21)24(19)23(17)18/h1-25H;1-23H;1-18H;1-15H. The number of nitrogens with zero attached hydrogens (tertiary/aromatic N) is 7. The normalized spacial score (nSPS) is 11.7. The predicted molar refractivity (Wildman–Crippen MR) is 606 cm³/mol. The van der Waals surface area contributed by atoms with Gasteiger partial charge in [0.1, 0.15) is 5.01 Å². The zero-order valence-electron chi connectivity index (χ0n) is 78.5. The summed E-state index contributed by atoms with van der Waals surface area (Å²) in [6.45, 7) is 0. The van der Waals surface area contributed by atoms with E-state index in [1.54, 1.807) is 11.3 Å². The number of hydrogen-bond donors (Lipinski definition) is 0. The van der Waals surface area contributed by atoms with Gasteiger partial charge in [-0.25, -0.2) is 29.9 Å². The van der Waals surface area contributed by atoms with Crippen LogP contribution in [0.5, 0.6) is 0 Å². The minimum absolute atomic E-state index is 0.584. The number of rotatable bonds is 13. The van der Waals surface area contributed by atoms with Gasteiger partial charge in [0.15, 0.2) is 17.3 Å². The molecule has 0 bridgehead atoms. The Kier molecular flexibility index (Phi) is 20.6. The van der Waals surface area contributed by atoms with Gasteiger partial charge < -0.3 is 13.3 Å². The number of thiazole rings is 1. The average molecular weight is 1880 g/mol. The molecule has 0 spiro atoms. The first-order valence-corrected chi connectivity index (χ1v) is 49.9. The summed E-state index contributed by atoms with van der Waals surface area (Å²) in [5.41, 5.74) is 21.6. The van der Waals surface area contributed by atoms with E-state index in [-0.39, 0.29) is 0 Å². The Morgan fingerprint density at radius 1 is 0.178 bits per heavy atom. The third kappa shape index (κ3) is 14.7. The fourth-order valence-electron chi connectivity index (χ4n) is 22.0. The van der Waals surface area contributed by atoms with Gasteiger partial charge in [-0.15, -0.1) is 11.3 Å². The van der Waals surface area contributed by atoms with E-state index >= 15 is 0 Å². The van der Waals surface area contributed by atoms with Crippen LogP contribution < -0.4 is 0 Å². The number of oxazole rings is 3. The number of benzene rings is 24. The second kappa shape index (κ2) is 35.5. The van der Waals surface area contributed by atoms with Gasteiger partial charge >= 0.3 is 0 Å². The van der Waals surface area contributed by atoms with Crippen molar-refractivity contribution in [2.75, 3.05) is 0 Å². The van der Waals surface area contributed by atoms with Crippen molar-refractivity contribution in [3.05, 3.63) is 492 Å². The summed E-state index contributed by atoms with van der Waals surface area (Å²) in [4.78, 5) is 34.8. The highest BCUT2D eigenvalue weighted by Gasteiger charge is 2.27. The van der Waals surface area contributed by atoms with Gasteiger partial charge in [0.05, 0.1) is 45.9 Å². The summed E-state index contributed by atoms with van der Waals surface area (Å²) >= 11 is 1.76. The van der Waals surface area contributed by atoms with Crippen LogP contribution in [0.25, 0.3) is 296 Å². The lowest BCUT2D eigenvalue weighted by Crippen LogP contribution is -1.94. The van der Waals surface area contributed by atoms with Crippen LogP contribution in [0.3, 0.4) is 0 Å². The van der Waals surface area contributed by atoms with E-state index in [9.17, 15) is 0 Å². The molecule has 0 aliphatic carbocycles. The van der Waals surface area contributed by atoms with Crippen molar-refractivity contribution in [3.63, 3.8) is 0 Å². The Labute approximate surface area is 841 Å². The molecule has 0 atom stereocenters. The summed E-state index contributed by atoms with van der Waals surface area (Å²) in [5, 5.41) is 32.9. The van der Waals surface area contributed by atoms with Crippen LogP contribution in [0, 0.1) is 0 Å². The molecule has 0 unspecified atom stereocenters. The molecule has 31 aromatic rings.